The summed E-state index contributed by atoms with van der Waals surface area (Å²) < 4.78 is 0. The molecule has 1 rings (SSSR count). The lowest BCUT2D eigenvalue weighted by molar-refractivity contribution is 0.581. The fourth-order valence-corrected chi connectivity index (χ4v) is 1.95. The molecule has 1 heterocycles. The first-order valence-electron chi connectivity index (χ1n) is 7.33. The van der Waals surface area contributed by atoms with Gasteiger partial charge in [0.25, 0.3) is 0 Å². The summed E-state index contributed by atoms with van der Waals surface area (Å²) in [6, 6.07) is 1.96. The molecule has 1 N–H and O–H groups in total. The number of aromatic nitrogens is 2. The molecular formula is C15H24N4. The van der Waals surface area contributed by atoms with E-state index in [1.165, 1.54) is 51.1 Å². The highest BCUT2D eigenvalue weighted by Crippen LogP contribution is 2.08. The number of hydrogen-bond acceptors (Lipinski definition) is 4. The number of anilines is 1. The van der Waals surface area contributed by atoms with Crippen LogP contribution in [0.3, 0.4) is 0 Å². The molecule has 1 aromatic heterocycles. The van der Waals surface area contributed by atoms with E-state index in [4.69, 9.17) is 5.26 Å². The van der Waals surface area contributed by atoms with Crippen molar-refractivity contribution >= 4 is 5.82 Å². The van der Waals surface area contributed by atoms with Crippen LogP contribution in [0.2, 0.25) is 0 Å². The van der Waals surface area contributed by atoms with Crippen LogP contribution < -0.4 is 5.32 Å². The van der Waals surface area contributed by atoms with Crippen LogP contribution in [0.25, 0.3) is 0 Å². The van der Waals surface area contributed by atoms with E-state index in [-0.39, 0.29) is 0 Å². The van der Waals surface area contributed by atoms with E-state index in [0.29, 0.717) is 5.69 Å². The molecule has 4 nitrogen and oxygen atoms in total. The first-order chi connectivity index (χ1) is 9.36. The van der Waals surface area contributed by atoms with Crippen molar-refractivity contribution in [1.29, 1.82) is 5.26 Å². The molecule has 0 saturated heterocycles. The third-order valence-corrected chi connectivity index (χ3v) is 3.10. The Labute approximate surface area is 116 Å². The lowest BCUT2D eigenvalue weighted by Gasteiger charge is -2.05. The van der Waals surface area contributed by atoms with Gasteiger partial charge in [-0.1, -0.05) is 51.9 Å². The van der Waals surface area contributed by atoms with Crippen LogP contribution in [0.4, 0.5) is 5.82 Å². The monoisotopic (exact) mass is 260 g/mol. The van der Waals surface area contributed by atoms with Gasteiger partial charge in [-0.05, 0) is 6.42 Å². The maximum absolute atomic E-state index is 8.61. The molecule has 0 saturated carbocycles. The summed E-state index contributed by atoms with van der Waals surface area (Å²) in [5, 5.41) is 11.8. The minimum Gasteiger partial charge on any atom is -0.369 e. The summed E-state index contributed by atoms with van der Waals surface area (Å²) in [6.07, 6.45) is 13.7. The highest BCUT2D eigenvalue weighted by atomic mass is 15.0. The summed E-state index contributed by atoms with van der Waals surface area (Å²) in [5.74, 6) is 0.752. The highest BCUT2D eigenvalue weighted by molar-refractivity contribution is 5.32. The van der Waals surface area contributed by atoms with Gasteiger partial charge in [0.15, 0.2) is 5.69 Å². The zero-order valence-electron chi connectivity index (χ0n) is 11.9. The van der Waals surface area contributed by atoms with E-state index in [0.717, 1.165) is 18.8 Å². The molecule has 19 heavy (non-hydrogen) atoms. The number of hydrogen-bond donors (Lipinski definition) is 1. The quantitative estimate of drug-likeness (QED) is 0.648. The van der Waals surface area contributed by atoms with Crippen molar-refractivity contribution in [2.75, 3.05) is 11.9 Å². The molecule has 1 aromatic rings. The van der Waals surface area contributed by atoms with Crippen LogP contribution in [-0.2, 0) is 0 Å². The second kappa shape index (κ2) is 10.3. The Balaban J connectivity index is 1.97. The Morgan fingerprint density at radius 2 is 1.68 bits per heavy atom. The molecule has 0 bridgehead atoms. The Hall–Kier alpha value is -1.63. The summed E-state index contributed by atoms with van der Waals surface area (Å²) in [5.41, 5.74) is 0.359. The fourth-order valence-electron chi connectivity index (χ4n) is 1.95. The van der Waals surface area contributed by atoms with Gasteiger partial charge in [-0.25, -0.2) is 9.97 Å². The second-order valence-electron chi connectivity index (χ2n) is 4.80. The van der Waals surface area contributed by atoms with Crippen molar-refractivity contribution in [3.63, 3.8) is 0 Å². The van der Waals surface area contributed by atoms with Gasteiger partial charge in [0.2, 0.25) is 0 Å². The van der Waals surface area contributed by atoms with E-state index in [1.807, 2.05) is 6.07 Å². The maximum Gasteiger partial charge on any atom is 0.158 e. The lowest BCUT2D eigenvalue weighted by Crippen LogP contribution is -2.03. The Bertz CT molecular complexity index is 367. The average molecular weight is 260 g/mol. The summed E-state index contributed by atoms with van der Waals surface area (Å²) in [7, 11) is 0. The first-order valence-corrected chi connectivity index (χ1v) is 7.33. The number of nitrogens with zero attached hydrogens (tertiary/aromatic N) is 3. The Kier molecular flexibility index (Phi) is 8.37. The number of unbranched alkanes of at least 4 members (excludes halogenated alkanes) is 7. The van der Waals surface area contributed by atoms with E-state index in [2.05, 4.69) is 22.2 Å². The molecule has 0 aromatic carbocycles. The van der Waals surface area contributed by atoms with Crippen LogP contribution in [0.1, 0.15) is 64.0 Å². The third kappa shape index (κ3) is 7.40. The zero-order valence-corrected chi connectivity index (χ0v) is 11.9. The first kappa shape index (κ1) is 15.4. The molecule has 0 aliphatic rings. The molecule has 104 valence electrons. The molecule has 0 atom stereocenters. The SMILES string of the molecule is CCCCCCCCCCNc1cnc(C#N)cn1. The molecule has 0 fully saturated rings. The van der Waals surface area contributed by atoms with Crippen molar-refractivity contribution in [3.8, 4) is 6.07 Å². The molecule has 0 spiro atoms. The van der Waals surface area contributed by atoms with E-state index in [9.17, 15) is 0 Å². The summed E-state index contributed by atoms with van der Waals surface area (Å²) in [6.45, 7) is 3.17. The largest absolute Gasteiger partial charge is 0.369 e. The van der Waals surface area contributed by atoms with E-state index in [1.54, 1.807) is 6.20 Å². The summed E-state index contributed by atoms with van der Waals surface area (Å²) in [4.78, 5) is 8.09. The molecule has 4 heteroatoms. The van der Waals surface area contributed by atoms with Crippen molar-refractivity contribution in [3.05, 3.63) is 18.1 Å². The van der Waals surface area contributed by atoms with Gasteiger partial charge < -0.3 is 5.32 Å². The molecule has 0 aliphatic carbocycles. The maximum atomic E-state index is 8.61. The zero-order chi connectivity index (χ0) is 13.8. The average Bonchev–Trinajstić information content (AvgIpc) is 2.46. The van der Waals surface area contributed by atoms with Crippen LogP contribution >= 0.6 is 0 Å². The van der Waals surface area contributed by atoms with Gasteiger partial charge in [-0.3, -0.25) is 0 Å². The van der Waals surface area contributed by atoms with Crippen LogP contribution in [0.15, 0.2) is 12.4 Å². The van der Waals surface area contributed by atoms with Gasteiger partial charge in [-0.15, -0.1) is 0 Å². The Morgan fingerprint density at radius 3 is 2.26 bits per heavy atom. The molecular weight excluding hydrogens is 236 g/mol. The topological polar surface area (TPSA) is 61.6 Å². The smallest absolute Gasteiger partial charge is 0.158 e. The van der Waals surface area contributed by atoms with Gasteiger partial charge >= 0.3 is 0 Å². The predicted octanol–water partition coefficient (Wildman–Crippen LogP) is 3.90. The van der Waals surface area contributed by atoms with Crippen LogP contribution in [0, 0.1) is 11.3 Å². The van der Waals surface area contributed by atoms with Gasteiger partial charge in [0.1, 0.15) is 11.9 Å². The molecule has 0 radical (unpaired) electrons. The molecule has 0 unspecified atom stereocenters. The van der Waals surface area contributed by atoms with Crippen molar-refractivity contribution < 1.29 is 0 Å². The van der Waals surface area contributed by atoms with Gasteiger partial charge in [0, 0.05) is 6.54 Å². The fraction of sp³-hybridized carbons (Fsp3) is 0.667. The van der Waals surface area contributed by atoms with E-state index < -0.39 is 0 Å². The van der Waals surface area contributed by atoms with Gasteiger partial charge in [0.05, 0.1) is 12.4 Å². The van der Waals surface area contributed by atoms with E-state index >= 15 is 0 Å². The van der Waals surface area contributed by atoms with Gasteiger partial charge in [-0.2, -0.15) is 5.26 Å². The predicted molar refractivity (Wildman–Crippen MR) is 77.8 cm³/mol. The second-order valence-corrected chi connectivity index (χ2v) is 4.80. The minimum absolute atomic E-state index is 0.359. The molecule has 0 amide bonds. The third-order valence-electron chi connectivity index (χ3n) is 3.10. The lowest BCUT2D eigenvalue weighted by atomic mass is 10.1. The van der Waals surface area contributed by atoms with Crippen LogP contribution in [-0.4, -0.2) is 16.5 Å². The normalized spacial score (nSPS) is 10.1. The van der Waals surface area contributed by atoms with Crippen molar-refractivity contribution in [1.82, 2.24) is 9.97 Å². The summed E-state index contributed by atoms with van der Waals surface area (Å²) >= 11 is 0. The van der Waals surface area contributed by atoms with Crippen molar-refractivity contribution in [2.24, 2.45) is 0 Å². The van der Waals surface area contributed by atoms with Crippen molar-refractivity contribution in [2.45, 2.75) is 58.3 Å². The minimum atomic E-state index is 0.359. The number of rotatable bonds is 10. The Morgan fingerprint density at radius 1 is 1.00 bits per heavy atom. The molecule has 0 aliphatic heterocycles. The standard InChI is InChI=1S/C15H24N4/c1-2-3-4-5-6-7-8-9-10-17-15-13-18-14(11-16)12-19-15/h12-13H,2-10H2,1H3,(H,17,19). The van der Waals surface area contributed by atoms with Crippen LogP contribution in [0.5, 0.6) is 0 Å². The highest BCUT2D eigenvalue weighted by Gasteiger charge is 1.96. The number of nitriles is 1. The number of nitrogens with one attached hydrogen (secondary N) is 1.